The van der Waals surface area contributed by atoms with Crippen LogP contribution in [0.25, 0.3) is 0 Å². The molecule has 0 aliphatic carbocycles. The van der Waals surface area contributed by atoms with E-state index in [9.17, 15) is 24.8 Å². The summed E-state index contributed by atoms with van der Waals surface area (Å²) >= 11 is 0. The number of nitro groups is 1. The Labute approximate surface area is 126 Å². The summed E-state index contributed by atoms with van der Waals surface area (Å²) in [5.74, 6) is -2.00. The van der Waals surface area contributed by atoms with E-state index >= 15 is 0 Å². The SMILES string of the molecule is O=C(N[C@H](Cc1ccccc1[N+](=O)[O-])C(=O)O)[C@H]1CCOC1. The number of para-hydroxylation sites is 1. The standard InChI is InChI=1S/C14H16N2O6/c17-13(10-5-6-22-8-10)15-11(14(18)19)7-9-3-1-2-4-12(9)16(20)21/h1-4,10-11H,5-8H2,(H,15,17)(H,18,19)/t10-,11+/m0/s1. The quantitative estimate of drug-likeness (QED) is 0.591. The van der Waals surface area contributed by atoms with E-state index in [1.807, 2.05) is 0 Å². The lowest BCUT2D eigenvalue weighted by Gasteiger charge is -2.16. The molecular weight excluding hydrogens is 292 g/mol. The molecule has 1 saturated heterocycles. The lowest BCUT2D eigenvalue weighted by atomic mass is 10.0. The van der Waals surface area contributed by atoms with E-state index in [-0.39, 0.29) is 30.2 Å². The number of amides is 1. The Morgan fingerprint density at radius 3 is 2.77 bits per heavy atom. The molecular formula is C14H16N2O6. The topological polar surface area (TPSA) is 119 Å². The fourth-order valence-electron chi connectivity index (χ4n) is 2.31. The van der Waals surface area contributed by atoms with Gasteiger partial charge in [0.25, 0.3) is 5.69 Å². The second kappa shape index (κ2) is 6.99. The number of carboxylic acids is 1. The number of nitrogens with one attached hydrogen (secondary N) is 1. The van der Waals surface area contributed by atoms with Crippen LogP contribution in [0.2, 0.25) is 0 Å². The van der Waals surface area contributed by atoms with E-state index in [4.69, 9.17) is 4.74 Å². The van der Waals surface area contributed by atoms with Crippen LogP contribution in [0.3, 0.4) is 0 Å². The summed E-state index contributed by atoms with van der Waals surface area (Å²) in [7, 11) is 0. The number of carbonyl (C=O) groups is 2. The minimum atomic E-state index is -1.23. The van der Waals surface area contributed by atoms with Gasteiger partial charge in [0.15, 0.2) is 0 Å². The maximum Gasteiger partial charge on any atom is 0.326 e. The van der Waals surface area contributed by atoms with Crippen molar-refractivity contribution in [1.82, 2.24) is 5.32 Å². The predicted molar refractivity (Wildman–Crippen MR) is 75.3 cm³/mol. The number of aliphatic carboxylic acids is 1. The molecule has 0 spiro atoms. The molecule has 1 aliphatic rings. The van der Waals surface area contributed by atoms with E-state index < -0.39 is 22.8 Å². The summed E-state index contributed by atoms with van der Waals surface area (Å²) in [5, 5.41) is 22.6. The van der Waals surface area contributed by atoms with Gasteiger partial charge in [0, 0.05) is 24.7 Å². The molecule has 0 unspecified atom stereocenters. The lowest BCUT2D eigenvalue weighted by molar-refractivity contribution is -0.385. The largest absolute Gasteiger partial charge is 0.480 e. The van der Waals surface area contributed by atoms with Crippen LogP contribution in [0, 0.1) is 16.0 Å². The average Bonchev–Trinajstić information content (AvgIpc) is 3.01. The maximum absolute atomic E-state index is 12.0. The van der Waals surface area contributed by atoms with Crippen LogP contribution in [0.4, 0.5) is 5.69 Å². The van der Waals surface area contributed by atoms with Crippen molar-refractivity contribution in [1.29, 1.82) is 0 Å². The molecule has 1 amide bonds. The molecule has 2 N–H and O–H groups in total. The number of nitro benzene ring substituents is 1. The zero-order valence-electron chi connectivity index (χ0n) is 11.7. The fraction of sp³-hybridized carbons (Fsp3) is 0.429. The molecule has 1 fully saturated rings. The van der Waals surface area contributed by atoms with Crippen LogP contribution in [0.5, 0.6) is 0 Å². The summed E-state index contributed by atoms with van der Waals surface area (Å²) in [6, 6.07) is 4.67. The van der Waals surface area contributed by atoms with Crippen LogP contribution in [-0.4, -0.2) is 41.2 Å². The van der Waals surface area contributed by atoms with Crippen molar-refractivity contribution < 1.29 is 24.4 Å². The fourth-order valence-corrected chi connectivity index (χ4v) is 2.31. The molecule has 1 aliphatic heterocycles. The Morgan fingerprint density at radius 2 is 2.18 bits per heavy atom. The summed E-state index contributed by atoms with van der Waals surface area (Å²) < 4.78 is 5.09. The molecule has 2 rings (SSSR count). The van der Waals surface area contributed by atoms with Crippen molar-refractivity contribution >= 4 is 17.6 Å². The second-order valence-corrected chi connectivity index (χ2v) is 5.05. The number of nitrogens with zero attached hydrogens (tertiary/aromatic N) is 1. The molecule has 1 heterocycles. The van der Waals surface area contributed by atoms with E-state index in [1.54, 1.807) is 6.07 Å². The molecule has 0 saturated carbocycles. The van der Waals surface area contributed by atoms with E-state index in [0.29, 0.717) is 13.0 Å². The van der Waals surface area contributed by atoms with Crippen LogP contribution in [0.15, 0.2) is 24.3 Å². The first kappa shape index (κ1) is 15.9. The third-order valence-corrected chi connectivity index (χ3v) is 3.53. The van der Waals surface area contributed by atoms with Crippen LogP contribution < -0.4 is 5.32 Å². The molecule has 1 aromatic rings. The van der Waals surface area contributed by atoms with Crippen molar-refractivity contribution in [2.75, 3.05) is 13.2 Å². The molecule has 0 aromatic heterocycles. The van der Waals surface area contributed by atoms with Crippen molar-refractivity contribution in [2.45, 2.75) is 18.9 Å². The van der Waals surface area contributed by atoms with Gasteiger partial charge in [-0.05, 0) is 6.42 Å². The van der Waals surface area contributed by atoms with E-state index in [0.717, 1.165) is 0 Å². The highest BCUT2D eigenvalue weighted by molar-refractivity contribution is 5.85. The summed E-state index contributed by atoms with van der Waals surface area (Å²) in [5.41, 5.74) is 0.107. The lowest BCUT2D eigenvalue weighted by Crippen LogP contribution is -2.45. The van der Waals surface area contributed by atoms with Crippen molar-refractivity contribution in [2.24, 2.45) is 5.92 Å². The molecule has 0 radical (unpaired) electrons. The van der Waals surface area contributed by atoms with Gasteiger partial charge in [0.2, 0.25) is 5.91 Å². The monoisotopic (exact) mass is 308 g/mol. The van der Waals surface area contributed by atoms with Gasteiger partial charge in [0.05, 0.1) is 17.4 Å². The van der Waals surface area contributed by atoms with Crippen molar-refractivity contribution in [3.05, 3.63) is 39.9 Å². The molecule has 8 nitrogen and oxygen atoms in total. The normalized spacial score (nSPS) is 18.6. The second-order valence-electron chi connectivity index (χ2n) is 5.05. The number of carbonyl (C=O) groups excluding carboxylic acids is 1. The number of carboxylic acid groups (broad SMARTS) is 1. The minimum absolute atomic E-state index is 0.147. The first-order chi connectivity index (χ1) is 10.5. The van der Waals surface area contributed by atoms with Crippen LogP contribution in [0.1, 0.15) is 12.0 Å². The number of rotatable bonds is 6. The van der Waals surface area contributed by atoms with Gasteiger partial charge in [-0.1, -0.05) is 18.2 Å². The van der Waals surface area contributed by atoms with Crippen molar-refractivity contribution in [3.63, 3.8) is 0 Å². The Hall–Kier alpha value is -2.48. The maximum atomic E-state index is 12.0. The summed E-state index contributed by atoms with van der Waals surface area (Å²) in [6.45, 7) is 0.740. The third kappa shape index (κ3) is 3.79. The van der Waals surface area contributed by atoms with Gasteiger partial charge < -0.3 is 15.2 Å². The Balaban J connectivity index is 2.10. The molecule has 118 valence electrons. The number of benzene rings is 1. The average molecular weight is 308 g/mol. The predicted octanol–water partition coefficient (Wildman–Crippen LogP) is 0.743. The van der Waals surface area contributed by atoms with Gasteiger partial charge in [-0.15, -0.1) is 0 Å². The Bertz CT molecular complexity index is 582. The highest BCUT2D eigenvalue weighted by Crippen LogP contribution is 2.20. The van der Waals surface area contributed by atoms with E-state index in [1.165, 1.54) is 18.2 Å². The van der Waals surface area contributed by atoms with Gasteiger partial charge in [-0.2, -0.15) is 0 Å². The number of hydrogen-bond acceptors (Lipinski definition) is 5. The van der Waals surface area contributed by atoms with Gasteiger partial charge in [-0.25, -0.2) is 4.79 Å². The molecule has 2 atom stereocenters. The number of hydrogen-bond donors (Lipinski definition) is 2. The zero-order valence-corrected chi connectivity index (χ0v) is 11.7. The van der Waals surface area contributed by atoms with Gasteiger partial charge in [-0.3, -0.25) is 14.9 Å². The smallest absolute Gasteiger partial charge is 0.326 e. The first-order valence-electron chi connectivity index (χ1n) is 6.82. The summed E-state index contributed by atoms with van der Waals surface area (Å²) in [6.07, 6.45) is 0.398. The first-order valence-corrected chi connectivity index (χ1v) is 6.82. The molecule has 22 heavy (non-hydrogen) atoms. The highest BCUT2D eigenvalue weighted by Gasteiger charge is 2.29. The highest BCUT2D eigenvalue weighted by atomic mass is 16.6. The minimum Gasteiger partial charge on any atom is -0.480 e. The number of ether oxygens (including phenoxy) is 1. The van der Waals surface area contributed by atoms with Crippen molar-refractivity contribution in [3.8, 4) is 0 Å². The van der Waals surface area contributed by atoms with E-state index in [2.05, 4.69) is 5.32 Å². The summed E-state index contributed by atoms with van der Waals surface area (Å²) in [4.78, 5) is 33.7. The zero-order chi connectivity index (χ0) is 16.1. The van der Waals surface area contributed by atoms with Gasteiger partial charge >= 0.3 is 5.97 Å². The molecule has 0 bridgehead atoms. The third-order valence-electron chi connectivity index (χ3n) is 3.53. The van der Waals surface area contributed by atoms with Crippen LogP contribution in [-0.2, 0) is 20.7 Å². The van der Waals surface area contributed by atoms with Gasteiger partial charge in [0.1, 0.15) is 6.04 Å². The molecule has 8 heteroatoms. The molecule has 1 aromatic carbocycles. The van der Waals surface area contributed by atoms with Crippen LogP contribution >= 0.6 is 0 Å². The Kier molecular flexibility index (Phi) is 5.05. The Morgan fingerprint density at radius 1 is 1.45 bits per heavy atom.